The Hall–Kier alpha value is -1.94. The van der Waals surface area contributed by atoms with Gasteiger partial charge in [-0.25, -0.2) is 9.13 Å². The van der Waals surface area contributed by atoms with E-state index >= 15 is 0 Å². The van der Waals surface area contributed by atoms with Gasteiger partial charge in [-0.15, -0.1) is 0 Å². The molecule has 0 aliphatic carbocycles. The van der Waals surface area contributed by atoms with E-state index in [9.17, 15) is 43.2 Å². The minimum atomic E-state index is -4.94. The van der Waals surface area contributed by atoms with Crippen LogP contribution in [0.15, 0.2) is 0 Å². The summed E-state index contributed by atoms with van der Waals surface area (Å²) in [5, 5.41) is 10.5. The smallest absolute Gasteiger partial charge is 0.462 e. The van der Waals surface area contributed by atoms with Gasteiger partial charge in [0.15, 0.2) is 12.2 Å². The molecule has 0 radical (unpaired) electrons. The third kappa shape index (κ3) is 57.2. The molecular weight excluding hydrogens is 1090 g/mol. The lowest BCUT2D eigenvalue weighted by Gasteiger charge is -2.21. The van der Waals surface area contributed by atoms with E-state index in [2.05, 4.69) is 34.6 Å². The van der Waals surface area contributed by atoms with Crippen LogP contribution in [-0.4, -0.2) is 96.7 Å². The number of phosphoric ester groups is 2. The van der Waals surface area contributed by atoms with E-state index in [0.29, 0.717) is 25.7 Å². The molecule has 0 aromatic heterocycles. The van der Waals surface area contributed by atoms with Crippen molar-refractivity contribution in [1.29, 1.82) is 0 Å². The van der Waals surface area contributed by atoms with E-state index in [-0.39, 0.29) is 25.7 Å². The summed E-state index contributed by atoms with van der Waals surface area (Å²) in [5.41, 5.74) is 0. The molecule has 2 unspecified atom stereocenters. The van der Waals surface area contributed by atoms with Gasteiger partial charge in [0.05, 0.1) is 26.4 Å². The third-order valence-corrected chi connectivity index (χ3v) is 16.4. The average Bonchev–Trinajstić information content (AvgIpc) is 3.46. The van der Waals surface area contributed by atoms with Gasteiger partial charge in [0.1, 0.15) is 19.3 Å². The van der Waals surface area contributed by atoms with E-state index in [1.54, 1.807) is 0 Å². The fourth-order valence-corrected chi connectivity index (χ4v) is 11.0. The van der Waals surface area contributed by atoms with Gasteiger partial charge in [-0.2, -0.15) is 0 Å². The largest absolute Gasteiger partial charge is 0.472 e. The number of aliphatic hydroxyl groups excluding tert-OH is 1. The summed E-state index contributed by atoms with van der Waals surface area (Å²) >= 11 is 0. The van der Waals surface area contributed by atoms with Crippen LogP contribution in [0.4, 0.5) is 0 Å². The Balaban J connectivity index is 5.14. The van der Waals surface area contributed by atoms with Crippen molar-refractivity contribution in [3.8, 4) is 0 Å². The van der Waals surface area contributed by atoms with Crippen LogP contribution in [0.5, 0.6) is 0 Å². The number of aliphatic hydroxyl groups is 1. The Morgan fingerprint density at radius 1 is 0.329 bits per heavy atom. The van der Waals surface area contributed by atoms with Crippen molar-refractivity contribution in [2.75, 3.05) is 39.6 Å². The van der Waals surface area contributed by atoms with Crippen LogP contribution in [0.2, 0.25) is 0 Å². The molecular formula is C63H122O17P2. The molecule has 0 aliphatic heterocycles. The zero-order valence-corrected chi connectivity index (χ0v) is 54.4. The molecule has 0 fully saturated rings. The second-order valence-corrected chi connectivity index (χ2v) is 26.2. The van der Waals surface area contributed by atoms with Gasteiger partial charge in [0, 0.05) is 25.7 Å². The van der Waals surface area contributed by atoms with Crippen molar-refractivity contribution in [1.82, 2.24) is 0 Å². The van der Waals surface area contributed by atoms with E-state index in [1.807, 2.05) is 0 Å². The molecule has 0 aliphatic rings. The maximum absolute atomic E-state index is 13.0. The number of unbranched alkanes of at least 4 members (excludes halogenated alkanes) is 35. The van der Waals surface area contributed by atoms with E-state index in [0.717, 1.165) is 109 Å². The van der Waals surface area contributed by atoms with Crippen LogP contribution < -0.4 is 0 Å². The summed E-state index contributed by atoms with van der Waals surface area (Å²) < 4.78 is 67.7. The van der Waals surface area contributed by atoms with E-state index in [4.69, 9.17) is 37.0 Å². The molecule has 82 heavy (non-hydrogen) atoms. The summed E-state index contributed by atoms with van der Waals surface area (Å²) in [6.07, 6.45) is 40.7. The fraction of sp³-hybridized carbons (Fsp3) is 0.937. The molecule has 0 bridgehead atoms. The van der Waals surface area contributed by atoms with Gasteiger partial charge < -0.3 is 33.8 Å². The number of hydrogen-bond acceptors (Lipinski definition) is 15. The number of carbonyl (C=O) groups excluding carboxylic acids is 4. The minimum Gasteiger partial charge on any atom is -0.462 e. The lowest BCUT2D eigenvalue weighted by molar-refractivity contribution is -0.161. The van der Waals surface area contributed by atoms with Gasteiger partial charge in [-0.3, -0.25) is 37.3 Å². The van der Waals surface area contributed by atoms with Crippen molar-refractivity contribution in [3.63, 3.8) is 0 Å². The maximum atomic E-state index is 13.0. The van der Waals surface area contributed by atoms with Gasteiger partial charge in [0.25, 0.3) is 0 Å². The topological polar surface area (TPSA) is 237 Å². The summed E-state index contributed by atoms with van der Waals surface area (Å²) in [4.78, 5) is 71.8. The lowest BCUT2D eigenvalue weighted by atomic mass is 10.0. The fourth-order valence-electron chi connectivity index (χ4n) is 9.41. The Bertz CT molecular complexity index is 1600. The van der Waals surface area contributed by atoms with E-state index in [1.165, 1.54) is 128 Å². The van der Waals surface area contributed by atoms with E-state index < -0.39 is 97.5 Å². The molecule has 0 saturated carbocycles. The third-order valence-electron chi connectivity index (χ3n) is 14.5. The van der Waals surface area contributed by atoms with Gasteiger partial charge in [-0.05, 0) is 31.6 Å². The Labute approximate surface area is 498 Å². The van der Waals surface area contributed by atoms with Crippen molar-refractivity contribution in [2.45, 2.75) is 335 Å². The second-order valence-electron chi connectivity index (χ2n) is 23.3. The highest BCUT2D eigenvalue weighted by atomic mass is 31.2. The van der Waals surface area contributed by atoms with Gasteiger partial charge >= 0.3 is 39.5 Å². The van der Waals surface area contributed by atoms with Crippen LogP contribution in [0, 0.1) is 5.92 Å². The van der Waals surface area contributed by atoms with Crippen LogP contribution in [0.3, 0.4) is 0 Å². The molecule has 0 aromatic carbocycles. The van der Waals surface area contributed by atoms with Crippen LogP contribution >= 0.6 is 15.6 Å². The molecule has 0 heterocycles. The molecule has 19 heteroatoms. The average molecular weight is 1210 g/mol. The highest BCUT2D eigenvalue weighted by molar-refractivity contribution is 7.47. The van der Waals surface area contributed by atoms with Crippen LogP contribution in [-0.2, 0) is 65.4 Å². The number of rotatable bonds is 63. The lowest BCUT2D eigenvalue weighted by Crippen LogP contribution is -2.30. The summed E-state index contributed by atoms with van der Waals surface area (Å²) in [6.45, 7) is 7.10. The molecule has 0 saturated heterocycles. The number of carbonyl (C=O) groups is 4. The van der Waals surface area contributed by atoms with Crippen LogP contribution in [0.25, 0.3) is 0 Å². The maximum Gasteiger partial charge on any atom is 0.472 e. The highest BCUT2D eigenvalue weighted by Crippen LogP contribution is 2.45. The molecule has 0 spiro atoms. The number of esters is 4. The first-order valence-corrected chi connectivity index (χ1v) is 36.1. The first-order chi connectivity index (χ1) is 39.5. The predicted octanol–water partition coefficient (Wildman–Crippen LogP) is 17.4. The first-order valence-electron chi connectivity index (χ1n) is 33.1. The number of hydrogen-bond donors (Lipinski definition) is 3. The molecule has 0 amide bonds. The molecule has 0 rings (SSSR count). The summed E-state index contributed by atoms with van der Waals surface area (Å²) in [7, 11) is -9.87. The molecule has 486 valence electrons. The number of phosphoric acid groups is 2. The number of ether oxygens (including phenoxy) is 4. The molecule has 3 N–H and O–H groups in total. The summed E-state index contributed by atoms with van der Waals surface area (Å²) in [5.74, 6) is -1.35. The van der Waals surface area contributed by atoms with Crippen molar-refractivity contribution < 1.29 is 80.2 Å². The van der Waals surface area contributed by atoms with Gasteiger partial charge in [0.2, 0.25) is 0 Å². The Morgan fingerprint density at radius 3 is 0.829 bits per heavy atom. The first kappa shape index (κ1) is 80.1. The monoisotopic (exact) mass is 1210 g/mol. The summed E-state index contributed by atoms with van der Waals surface area (Å²) in [6, 6.07) is 0. The molecule has 5 atom stereocenters. The minimum absolute atomic E-state index is 0.104. The Kier molecular flexibility index (Phi) is 55.5. The quantitative estimate of drug-likeness (QED) is 0.0222. The highest BCUT2D eigenvalue weighted by Gasteiger charge is 2.30. The zero-order valence-electron chi connectivity index (χ0n) is 52.6. The normalized spacial score (nSPS) is 14.3. The van der Waals surface area contributed by atoms with Crippen molar-refractivity contribution >= 4 is 39.5 Å². The van der Waals surface area contributed by atoms with Crippen molar-refractivity contribution in [3.05, 3.63) is 0 Å². The predicted molar refractivity (Wildman–Crippen MR) is 326 cm³/mol. The standard InChI is InChI=1S/C63H122O17P2/c1-6-9-12-15-17-19-20-26-29-33-37-42-47-61(66)74-53-59(80-63(68)49-44-39-34-30-27-24-22-21-23-25-28-31-36-40-45-56(4)5)55-78-82(71,72)76-51-57(64)50-75-81(69,70)77-54-58(52-73-60(65)46-41-35-14-11-8-3)79-62(67)48-43-38-32-18-16-13-10-7-2/h56-59,64H,6-55H2,1-5H3,(H,69,70)(H,71,72)/t57-,58+,59+/m0/s1. The Morgan fingerprint density at radius 2 is 0.561 bits per heavy atom. The van der Waals surface area contributed by atoms with Crippen LogP contribution in [0.1, 0.15) is 317 Å². The zero-order chi connectivity index (χ0) is 60.6. The van der Waals surface area contributed by atoms with Crippen molar-refractivity contribution in [2.24, 2.45) is 5.92 Å². The molecule has 17 nitrogen and oxygen atoms in total. The SMILES string of the molecule is CCCCCCCCCCCCCCC(=O)OC[C@H](COP(=O)(O)OC[C@@H](O)COP(=O)(O)OC[C@@H](COC(=O)CCCCCCC)OC(=O)CCCCCCCCCC)OC(=O)CCCCCCCCCCCCCCCCC(C)C. The molecule has 0 aromatic rings. The second kappa shape index (κ2) is 56.8. The van der Waals surface area contributed by atoms with Gasteiger partial charge in [-0.1, -0.05) is 266 Å².